The van der Waals surface area contributed by atoms with Crippen molar-refractivity contribution in [3.63, 3.8) is 0 Å². The van der Waals surface area contributed by atoms with E-state index < -0.39 is 5.97 Å². The molecule has 0 saturated heterocycles. The van der Waals surface area contributed by atoms with Gasteiger partial charge in [-0.25, -0.2) is 4.79 Å². The molecule has 2 rings (SSSR count). The lowest BCUT2D eigenvalue weighted by atomic mass is 10.0. The summed E-state index contributed by atoms with van der Waals surface area (Å²) >= 11 is 12.4. The smallest absolute Gasteiger partial charge is 0.339 e. The van der Waals surface area contributed by atoms with Gasteiger partial charge in [-0.3, -0.25) is 0 Å². The van der Waals surface area contributed by atoms with Gasteiger partial charge in [0, 0.05) is 12.1 Å². The lowest BCUT2D eigenvalue weighted by Crippen LogP contribution is -2.06. The van der Waals surface area contributed by atoms with Gasteiger partial charge in [0.15, 0.2) is 5.75 Å². The Hall–Kier alpha value is -2.37. The van der Waals surface area contributed by atoms with Crippen LogP contribution >= 0.6 is 23.2 Å². The molecule has 0 saturated carbocycles. The number of hydrogen-bond acceptors (Lipinski definition) is 4. The second kappa shape index (κ2) is 10.1. The van der Waals surface area contributed by atoms with E-state index in [1.165, 1.54) is 13.4 Å². The number of methoxy groups -OCH3 is 1. The minimum atomic E-state index is -1.09. The van der Waals surface area contributed by atoms with Crippen molar-refractivity contribution in [2.45, 2.75) is 20.0 Å². The van der Waals surface area contributed by atoms with E-state index in [9.17, 15) is 9.90 Å². The molecule has 0 aliphatic heterocycles. The van der Waals surface area contributed by atoms with Crippen LogP contribution in [0.2, 0.25) is 10.0 Å². The number of carbonyl (C=O) groups is 1. The molecule has 0 bridgehead atoms. The van der Waals surface area contributed by atoms with Crippen molar-refractivity contribution in [2.24, 2.45) is 0 Å². The molecule has 0 fully saturated rings. The standard InChI is InChI=1S/C20H20Cl2O5/c1-3-8-26-19-17(21)9-14(10-18(19)22)27-11-13-6-4-5-7-15(13)16(12-25-2)20(23)24/h4-7,9-10,12H,3,8,11H2,1-2H3,(H,23,24)/b16-12+. The third-order valence-corrected chi connectivity index (χ3v) is 4.15. The van der Waals surface area contributed by atoms with Gasteiger partial charge in [0.25, 0.3) is 0 Å². The molecule has 0 aliphatic rings. The Morgan fingerprint density at radius 3 is 2.41 bits per heavy atom. The fourth-order valence-electron chi connectivity index (χ4n) is 2.38. The van der Waals surface area contributed by atoms with Gasteiger partial charge in [0.1, 0.15) is 17.9 Å². The average Bonchev–Trinajstić information content (AvgIpc) is 2.64. The predicted molar refractivity (Wildman–Crippen MR) is 106 cm³/mol. The summed E-state index contributed by atoms with van der Waals surface area (Å²) in [6.07, 6.45) is 2.03. The van der Waals surface area contributed by atoms with Gasteiger partial charge in [-0.15, -0.1) is 0 Å². The molecule has 0 spiro atoms. The highest BCUT2D eigenvalue weighted by molar-refractivity contribution is 6.37. The van der Waals surface area contributed by atoms with Crippen LogP contribution in [0.25, 0.3) is 5.57 Å². The first kappa shape index (κ1) is 20.9. The van der Waals surface area contributed by atoms with Crippen LogP contribution in [-0.4, -0.2) is 24.8 Å². The quantitative estimate of drug-likeness (QED) is 0.440. The van der Waals surface area contributed by atoms with E-state index in [0.29, 0.717) is 39.3 Å². The summed E-state index contributed by atoms with van der Waals surface area (Å²) in [6, 6.07) is 10.3. The first-order valence-electron chi connectivity index (χ1n) is 8.27. The molecule has 0 radical (unpaired) electrons. The molecule has 0 atom stereocenters. The van der Waals surface area contributed by atoms with Crippen molar-refractivity contribution < 1.29 is 24.1 Å². The fourth-order valence-corrected chi connectivity index (χ4v) is 2.96. The van der Waals surface area contributed by atoms with E-state index in [4.69, 9.17) is 37.4 Å². The summed E-state index contributed by atoms with van der Waals surface area (Å²) in [6.45, 7) is 2.63. The Morgan fingerprint density at radius 2 is 1.81 bits per heavy atom. The number of benzene rings is 2. The van der Waals surface area contributed by atoms with E-state index in [1.807, 2.05) is 6.92 Å². The number of carboxylic acid groups (broad SMARTS) is 1. The Labute approximate surface area is 168 Å². The molecule has 27 heavy (non-hydrogen) atoms. The molecular weight excluding hydrogens is 391 g/mol. The van der Waals surface area contributed by atoms with Crippen molar-refractivity contribution in [1.29, 1.82) is 0 Å². The molecule has 1 N–H and O–H groups in total. The van der Waals surface area contributed by atoms with Crippen molar-refractivity contribution >= 4 is 34.7 Å². The first-order chi connectivity index (χ1) is 13.0. The van der Waals surface area contributed by atoms with Gasteiger partial charge in [-0.1, -0.05) is 54.4 Å². The number of halogens is 2. The van der Waals surface area contributed by atoms with Gasteiger partial charge < -0.3 is 19.3 Å². The highest BCUT2D eigenvalue weighted by atomic mass is 35.5. The summed E-state index contributed by atoms with van der Waals surface area (Å²) in [5.74, 6) is -0.215. The topological polar surface area (TPSA) is 65.0 Å². The second-order valence-electron chi connectivity index (χ2n) is 5.58. The van der Waals surface area contributed by atoms with Gasteiger partial charge in [0.05, 0.1) is 30.0 Å². The molecule has 7 heteroatoms. The van der Waals surface area contributed by atoms with Crippen LogP contribution in [0.5, 0.6) is 11.5 Å². The minimum Gasteiger partial charge on any atom is -0.503 e. The monoisotopic (exact) mass is 410 g/mol. The number of aliphatic carboxylic acids is 1. The van der Waals surface area contributed by atoms with Crippen LogP contribution in [0.3, 0.4) is 0 Å². The molecule has 0 heterocycles. The molecule has 144 valence electrons. The van der Waals surface area contributed by atoms with E-state index in [0.717, 1.165) is 6.42 Å². The van der Waals surface area contributed by atoms with E-state index in [2.05, 4.69) is 0 Å². The van der Waals surface area contributed by atoms with Crippen molar-refractivity contribution in [3.05, 3.63) is 63.8 Å². The van der Waals surface area contributed by atoms with Crippen LogP contribution < -0.4 is 9.47 Å². The molecule has 5 nitrogen and oxygen atoms in total. The highest BCUT2D eigenvalue weighted by Gasteiger charge is 2.16. The average molecular weight is 411 g/mol. The summed E-state index contributed by atoms with van der Waals surface area (Å²) < 4.78 is 16.2. The van der Waals surface area contributed by atoms with Gasteiger partial charge in [0.2, 0.25) is 0 Å². The number of carboxylic acids is 1. The minimum absolute atomic E-state index is 0.0380. The third-order valence-electron chi connectivity index (χ3n) is 3.59. The zero-order valence-electron chi connectivity index (χ0n) is 15.0. The summed E-state index contributed by atoms with van der Waals surface area (Å²) in [5.41, 5.74) is 1.23. The summed E-state index contributed by atoms with van der Waals surface area (Å²) in [7, 11) is 1.40. The molecule has 0 aromatic heterocycles. The van der Waals surface area contributed by atoms with Crippen LogP contribution in [-0.2, 0) is 16.1 Å². The SMILES string of the molecule is CCCOc1c(Cl)cc(OCc2ccccc2/C(=C\OC)C(=O)O)cc1Cl. The fraction of sp³-hybridized carbons (Fsp3) is 0.250. The maximum absolute atomic E-state index is 11.5. The molecular formula is C20H20Cl2O5. The summed E-state index contributed by atoms with van der Waals surface area (Å²) in [4.78, 5) is 11.5. The van der Waals surface area contributed by atoms with Crippen molar-refractivity contribution in [1.82, 2.24) is 0 Å². The number of ether oxygens (including phenoxy) is 3. The molecule has 2 aromatic rings. The third kappa shape index (κ3) is 5.55. The van der Waals surface area contributed by atoms with Crippen LogP contribution in [0.1, 0.15) is 24.5 Å². The van der Waals surface area contributed by atoms with Gasteiger partial charge >= 0.3 is 5.97 Å². The number of rotatable bonds is 9. The molecule has 2 aromatic carbocycles. The van der Waals surface area contributed by atoms with E-state index >= 15 is 0 Å². The van der Waals surface area contributed by atoms with Crippen molar-refractivity contribution in [2.75, 3.05) is 13.7 Å². The van der Waals surface area contributed by atoms with E-state index in [1.54, 1.807) is 36.4 Å². The Balaban J connectivity index is 2.23. The van der Waals surface area contributed by atoms with Crippen LogP contribution in [0.15, 0.2) is 42.7 Å². The largest absolute Gasteiger partial charge is 0.503 e. The zero-order chi connectivity index (χ0) is 19.8. The highest BCUT2D eigenvalue weighted by Crippen LogP contribution is 2.37. The second-order valence-corrected chi connectivity index (χ2v) is 6.40. The maximum Gasteiger partial charge on any atom is 0.339 e. The first-order valence-corrected chi connectivity index (χ1v) is 9.02. The van der Waals surface area contributed by atoms with Gasteiger partial charge in [-0.2, -0.15) is 0 Å². The normalized spacial score (nSPS) is 11.2. The number of hydrogen-bond donors (Lipinski definition) is 1. The van der Waals surface area contributed by atoms with E-state index in [-0.39, 0.29) is 12.2 Å². The lowest BCUT2D eigenvalue weighted by Gasteiger charge is -2.14. The molecule has 0 aliphatic carbocycles. The maximum atomic E-state index is 11.5. The van der Waals surface area contributed by atoms with Crippen LogP contribution in [0.4, 0.5) is 0 Å². The molecule has 0 unspecified atom stereocenters. The van der Waals surface area contributed by atoms with Crippen molar-refractivity contribution in [3.8, 4) is 11.5 Å². The predicted octanol–water partition coefficient (Wildman–Crippen LogP) is 5.43. The van der Waals surface area contributed by atoms with Crippen LogP contribution in [0, 0.1) is 0 Å². The lowest BCUT2D eigenvalue weighted by molar-refractivity contribution is -0.130. The molecule has 0 amide bonds. The summed E-state index contributed by atoms with van der Waals surface area (Å²) in [5, 5.41) is 10.1. The zero-order valence-corrected chi connectivity index (χ0v) is 16.5. The van der Waals surface area contributed by atoms with Gasteiger partial charge in [-0.05, 0) is 17.5 Å². The Bertz CT molecular complexity index is 810. The Morgan fingerprint density at radius 1 is 1.15 bits per heavy atom. The Kier molecular flexibility index (Phi) is 7.82.